The van der Waals surface area contributed by atoms with E-state index in [1.807, 2.05) is 27.7 Å². The number of carbonyl (C=O) groups is 3. The van der Waals surface area contributed by atoms with E-state index in [1.54, 1.807) is 13.8 Å². The van der Waals surface area contributed by atoms with Crippen molar-refractivity contribution in [3.8, 4) is 0 Å². The van der Waals surface area contributed by atoms with Crippen molar-refractivity contribution >= 4 is 17.9 Å². The Balaban J connectivity index is 0. The molecule has 0 radical (unpaired) electrons. The summed E-state index contributed by atoms with van der Waals surface area (Å²) in [7, 11) is 4.14. The molecular weight excluding hydrogens is 620 g/mol. The van der Waals surface area contributed by atoms with Crippen LogP contribution in [0.15, 0.2) is 12.3 Å². The van der Waals surface area contributed by atoms with Crippen LogP contribution in [0.25, 0.3) is 0 Å². The molecule has 0 spiro atoms. The highest BCUT2D eigenvalue weighted by atomic mass is 16.6. The van der Waals surface area contributed by atoms with Gasteiger partial charge in [-0.3, -0.25) is 14.4 Å². The molecule has 0 aromatic rings. The average molecular weight is 691 g/mol. The van der Waals surface area contributed by atoms with Gasteiger partial charge in [-0.05, 0) is 80.4 Å². The highest BCUT2D eigenvalue weighted by Crippen LogP contribution is 2.33. The van der Waals surface area contributed by atoms with E-state index in [9.17, 15) is 14.4 Å². The number of hydrogen-bond donors (Lipinski definition) is 2. The van der Waals surface area contributed by atoms with Crippen molar-refractivity contribution in [3.05, 3.63) is 12.3 Å². The maximum absolute atomic E-state index is 12.4. The molecule has 0 aromatic carbocycles. The van der Waals surface area contributed by atoms with Crippen molar-refractivity contribution in [3.63, 3.8) is 0 Å². The molecule has 0 fully saturated rings. The minimum atomic E-state index is -0.937. The Morgan fingerprint density at radius 1 is 0.688 bits per heavy atom. The number of nitrogens with zero attached hydrogens (tertiary/aromatic N) is 1. The summed E-state index contributed by atoms with van der Waals surface area (Å²) >= 11 is 0. The Morgan fingerprint density at radius 2 is 1.08 bits per heavy atom. The second kappa shape index (κ2) is 28.6. The lowest BCUT2D eigenvalue weighted by atomic mass is 9.79. The largest absolute Gasteiger partial charge is 0.481 e. The molecule has 2 atom stereocenters. The summed E-state index contributed by atoms with van der Waals surface area (Å²) < 4.78 is 31.4. The zero-order valence-electron chi connectivity index (χ0n) is 32.0. The van der Waals surface area contributed by atoms with Gasteiger partial charge in [-0.15, -0.1) is 0 Å². The Hall–Kier alpha value is -2.25. The van der Waals surface area contributed by atoms with Crippen LogP contribution in [0.4, 0.5) is 0 Å². The fourth-order valence-electron chi connectivity index (χ4n) is 4.47. The number of aliphatic carboxylic acids is 1. The summed E-state index contributed by atoms with van der Waals surface area (Å²) in [5.41, 5.74) is -0.133. The van der Waals surface area contributed by atoms with Gasteiger partial charge in [0.05, 0.1) is 56.9 Å². The lowest BCUT2D eigenvalue weighted by molar-refractivity contribution is -0.155. The quantitative estimate of drug-likeness (QED) is 0.0788. The molecule has 48 heavy (non-hydrogen) atoms. The van der Waals surface area contributed by atoms with Crippen LogP contribution >= 0.6 is 0 Å². The van der Waals surface area contributed by atoms with E-state index in [2.05, 4.69) is 44.7 Å². The fraction of sp³-hybridized carbons (Fsp3) is 0.861. The van der Waals surface area contributed by atoms with Crippen molar-refractivity contribution in [2.24, 2.45) is 22.7 Å². The molecule has 12 nitrogen and oxygen atoms in total. The molecule has 0 amide bonds. The number of nitrogens with one attached hydrogen (secondary N) is 1. The summed E-state index contributed by atoms with van der Waals surface area (Å²) in [5, 5.41) is 12.5. The summed E-state index contributed by atoms with van der Waals surface area (Å²) in [6.45, 7) is 25.9. The molecule has 0 aromatic heterocycles. The van der Waals surface area contributed by atoms with Crippen LogP contribution in [0.1, 0.15) is 87.5 Å². The molecule has 284 valence electrons. The van der Waals surface area contributed by atoms with Gasteiger partial charge in [-0.1, -0.05) is 34.3 Å². The van der Waals surface area contributed by atoms with Crippen LogP contribution in [-0.4, -0.2) is 121 Å². The standard InChI is InChI=1S/C21H42N2O4.C15H28O6/c1-8-19(20(24)27-16-15-26-14-13-25-9-2)17-21(4,5)18(3)22-11-10-12-23(6)7;1-5-12(11-15(3,4)14(17)18)13(16)21-10-9-20-8-7-19-6-2/h19,22H,3,8-17H2,1-2,4-7H3;12H,5-11H2,1-4H3,(H,17,18). The molecule has 0 saturated heterocycles. The predicted molar refractivity (Wildman–Crippen MR) is 189 cm³/mol. The second-order valence-corrected chi connectivity index (χ2v) is 13.2. The number of rotatable bonds is 29. The first-order valence-electron chi connectivity index (χ1n) is 17.5. The number of allylic oxidation sites excluding steroid dienone is 1. The van der Waals surface area contributed by atoms with Gasteiger partial charge in [0.15, 0.2) is 0 Å². The maximum atomic E-state index is 12.4. The molecule has 2 N–H and O–H groups in total. The van der Waals surface area contributed by atoms with E-state index >= 15 is 0 Å². The first-order chi connectivity index (χ1) is 22.6. The van der Waals surface area contributed by atoms with Crippen LogP contribution < -0.4 is 5.32 Å². The van der Waals surface area contributed by atoms with Gasteiger partial charge in [-0.2, -0.15) is 0 Å². The van der Waals surface area contributed by atoms with Crippen LogP contribution in [0, 0.1) is 22.7 Å². The highest BCUT2D eigenvalue weighted by molar-refractivity contribution is 5.77. The molecule has 0 rings (SSSR count). The van der Waals surface area contributed by atoms with Gasteiger partial charge in [0.2, 0.25) is 0 Å². The number of ether oxygens (including phenoxy) is 6. The molecule has 0 bridgehead atoms. The lowest BCUT2D eigenvalue weighted by Gasteiger charge is -2.31. The number of esters is 2. The predicted octanol–water partition coefficient (Wildman–Crippen LogP) is 5.19. The average Bonchev–Trinajstić information content (AvgIpc) is 3.03. The van der Waals surface area contributed by atoms with E-state index in [0.717, 1.165) is 31.6 Å². The minimum Gasteiger partial charge on any atom is -0.481 e. The number of carboxylic acid groups (broad SMARTS) is 1. The highest BCUT2D eigenvalue weighted by Gasteiger charge is 2.33. The summed E-state index contributed by atoms with van der Waals surface area (Å²) in [6.07, 6.45) is 3.35. The van der Waals surface area contributed by atoms with E-state index in [0.29, 0.717) is 65.7 Å². The third-order valence-corrected chi connectivity index (χ3v) is 7.78. The second-order valence-electron chi connectivity index (χ2n) is 13.2. The SMILES string of the molecule is C=C(NCCCN(C)C)C(C)(C)CC(CC)C(=O)OCCOCCOCC.CCOCCOCCOC(=O)C(CC)CC(C)(C)C(=O)O. The Labute approximate surface area is 291 Å². The van der Waals surface area contributed by atoms with E-state index in [-0.39, 0.29) is 42.9 Å². The van der Waals surface area contributed by atoms with Gasteiger partial charge in [0.1, 0.15) is 13.2 Å². The molecule has 2 unspecified atom stereocenters. The van der Waals surface area contributed by atoms with Gasteiger partial charge in [0, 0.05) is 30.9 Å². The Morgan fingerprint density at radius 3 is 1.46 bits per heavy atom. The van der Waals surface area contributed by atoms with E-state index in [1.165, 1.54) is 0 Å². The summed E-state index contributed by atoms with van der Waals surface area (Å²) in [4.78, 5) is 37.6. The molecule has 0 heterocycles. The van der Waals surface area contributed by atoms with Crippen molar-refractivity contribution in [2.75, 3.05) is 93.3 Å². The molecule has 0 aliphatic carbocycles. The third kappa shape index (κ3) is 24.8. The smallest absolute Gasteiger partial charge is 0.309 e. The first-order valence-corrected chi connectivity index (χ1v) is 17.5. The van der Waals surface area contributed by atoms with Crippen molar-refractivity contribution in [1.82, 2.24) is 10.2 Å². The lowest BCUT2D eigenvalue weighted by Crippen LogP contribution is -2.32. The Kier molecular flexibility index (Phi) is 28.5. The monoisotopic (exact) mass is 691 g/mol. The van der Waals surface area contributed by atoms with Crippen molar-refractivity contribution < 1.29 is 47.9 Å². The van der Waals surface area contributed by atoms with Gasteiger partial charge in [0.25, 0.3) is 0 Å². The van der Waals surface area contributed by atoms with Gasteiger partial charge < -0.3 is 43.7 Å². The van der Waals surface area contributed by atoms with E-state index < -0.39 is 17.3 Å². The normalized spacial score (nSPS) is 12.9. The van der Waals surface area contributed by atoms with Gasteiger partial charge in [-0.25, -0.2) is 0 Å². The number of carboxylic acids is 1. The third-order valence-electron chi connectivity index (χ3n) is 7.78. The fourth-order valence-corrected chi connectivity index (χ4v) is 4.47. The molecule has 12 heteroatoms. The zero-order chi connectivity index (χ0) is 37.0. The number of hydrogen-bond acceptors (Lipinski definition) is 11. The van der Waals surface area contributed by atoms with Crippen LogP contribution in [0.5, 0.6) is 0 Å². The molecule has 0 saturated carbocycles. The summed E-state index contributed by atoms with van der Waals surface area (Å²) in [6, 6.07) is 0. The van der Waals surface area contributed by atoms with E-state index in [4.69, 9.17) is 33.5 Å². The van der Waals surface area contributed by atoms with Crippen LogP contribution in [-0.2, 0) is 42.8 Å². The number of carbonyl (C=O) groups excluding carboxylic acids is 2. The zero-order valence-corrected chi connectivity index (χ0v) is 32.0. The maximum Gasteiger partial charge on any atom is 0.309 e. The topological polar surface area (TPSA) is 142 Å². The van der Waals surface area contributed by atoms with Crippen LogP contribution in [0.2, 0.25) is 0 Å². The van der Waals surface area contributed by atoms with Gasteiger partial charge >= 0.3 is 17.9 Å². The van der Waals surface area contributed by atoms with Crippen LogP contribution in [0.3, 0.4) is 0 Å². The summed E-state index contributed by atoms with van der Waals surface area (Å²) in [5.74, 6) is -1.96. The Bertz CT molecular complexity index is 864. The van der Waals surface area contributed by atoms with Crippen molar-refractivity contribution in [1.29, 1.82) is 0 Å². The minimum absolute atomic E-state index is 0.135. The first kappa shape index (κ1) is 47.9. The molecular formula is C36H70N2O10. The molecule has 0 aliphatic heterocycles. The van der Waals surface area contributed by atoms with Crippen molar-refractivity contribution in [2.45, 2.75) is 87.5 Å². The molecule has 0 aliphatic rings.